The molecular formula is C39H50FN5O4. The SMILES string of the molecule is C/C=C1\C(=NC(C)C)C(c2cc(O)cc3ccc(F)c(CC)c23)=C(C)c2nc(OC[C@]3(C)CCCN3C)nc(N3CCOCC(C)(O)C3)c21. The van der Waals surface area contributed by atoms with E-state index in [1.165, 1.54) is 6.07 Å². The number of allylic oxidation sites excluding steroid dienone is 4. The Morgan fingerprint density at radius 3 is 2.63 bits per heavy atom. The molecule has 2 atom stereocenters. The molecule has 10 heteroatoms. The Kier molecular flexibility index (Phi) is 9.61. The lowest BCUT2D eigenvalue weighted by Gasteiger charge is -2.34. The van der Waals surface area contributed by atoms with Crippen LogP contribution >= 0.6 is 0 Å². The van der Waals surface area contributed by atoms with Crippen molar-refractivity contribution in [3.63, 3.8) is 0 Å². The molecule has 1 unspecified atom stereocenters. The number of benzene rings is 2. The van der Waals surface area contributed by atoms with Gasteiger partial charge in [0.15, 0.2) is 0 Å². The Balaban J connectivity index is 1.66. The van der Waals surface area contributed by atoms with Crippen LogP contribution in [0.15, 0.2) is 35.3 Å². The monoisotopic (exact) mass is 671 g/mol. The van der Waals surface area contributed by atoms with Gasteiger partial charge in [-0.05, 0) is 120 Å². The van der Waals surface area contributed by atoms with Crippen LogP contribution in [0, 0.1) is 5.82 Å². The fourth-order valence-corrected chi connectivity index (χ4v) is 7.58. The topological polar surface area (TPSA) is 104 Å². The number of phenolic OH excluding ortho intramolecular Hbond substituents is 1. The van der Waals surface area contributed by atoms with E-state index >= 15 is 4.39 Å². The molecule has 2 N–H and O–H groups in total. The maximum Gasteiger partial charge on any atom is 0.319 e. The van der Waals surface area contributed by atoms with E-state index in [1.54, 1.807) is 25.1 Å². The highest BCUT2D eigenvalue weighted by molar-refractivity contribution is 6.51. The Bertz CT molecular complexity index is 1870. The van der Waals surface area contributed by atoms with Crippen LogP contribution in [0.5, 0.6) is 11.8 Å². The van der Waals surface area contributed by atoms with Gasteiger partial charge in [-0.2, -0.15) is 9.97 Å². The van der Waals surface area contributed by atoms with Crippen LogP contribution in [0.25, 0.3) is 27.5 Å². The van der Waals surface area contributed by atoms with Crippen LogP contribution in [0.3, 0.4) is 0 Å². The van der Waals surface area contributed by atoms with Gasteiger partial charge in [-0.1, -0.05) is 19.1 Å². The standard InChI is InChI=1S/C39H50FN5O4/c1-9-27-30(40)13-12-25-18-26(46)19-29(32(25)27)31-24(5)34-33(28(10-2)35(31)41-23(3)4)36(45-16-17-48-22-39(7,47)20-45)43-37(42-34)49-21-38(6)14-11-15-44(38)8/h10,12-13,18-19,23,46-47H,9,11,14-17,20-22H2,1-8H3/b28-10-,41-35?/t38-,39?/m0/s1. The van der Waals surface area contributed by atoms with E-state index in [0.717, 1.165) is 58.2 Å². The van der Waals surface area contributed by atoms with E-state index in [-0.39, 0.29) is 35.8 Å². The summed E-state index contributed by atoms with van der Waals surface area (Å²) in [5, 5.41) is 23.8. The second kappa shape index (κ2) is 13.5. The Labute approximate surface area is 289 Å². The van der Waals surface area contributed by atoms with Crippen molar-refractivity contribution < 1.29 is 24.1 Å². The number of aryl methyl sites for hydroxylation is 1. The summed E-state index contributed by atoms with van der Waals surface area (Å²) >= 11 is 0. The van der Waals surface area contributed by atoms with Crippen LogP contribution in [-0.4, -0.2) is 94.5 Å². The third-order valence-corrected chi connectivity index (χ3v) is 10.2. The number of aliphatic hydroxyl groups is 1. The van der Waals surface area contributed by atoms with Crippen LogP contribution in [0.1, 0.15) is 83.7 Å². The molecule has 3 aromatic rings. The van der Waals surface area contributed by atoms with Gasteiger partial charge in [0.05, 0.1) is 42.3 Å². The van der Waals surface area contributed by atoms with Crippen molar-refractivity contribution in [1.82, 2.24) is 14.9 Å². The van der Waals surface area contributed by atoms with E-state index in [9.17, 15) is 10.2 Å². The zero-order valence-electron chi connectivity index (χ0n) is 30.2. The van der Waals surface area contributed by atoms with E-state index in [2.05, 4.69) is 23.8 Å². The first-order valence-corrected chi connectivity index (χ1v) is 17.5. The predicted octanol–water partition coefficient (Wildman–Crippen LogP) is 6.68. The number of anilines is 1. The van der Waals surface area contributed by atoms with Gasteiger partial charge in [0.2, 0.25) is 0 Å². The molecule has 6 rings (SSSR count). The lowest BCUT2D eigenvalue weighted by Crippen LogP contribution is -2.44. The molecule has 262 valence electrons. The molecule has 2 aromatic carbocycles. The minimum atomic E-state index is -1.11. The van der Waals surface area contributed by atoms with Gasteiger partial charge >= 0.3 is 6.01 Å². The normalized spacial score (nSPS) is 25.2. The summed E-state index contributed by atoms with van der Waals surface area (Å²) < 4.78 is 27.7. The van der Waals surface area contributed by atoms with E-state index in [0.29, 0.717) is 55.4 Å². The number of rotatable bonds is 7. The second-order valence-electron chi connectivity index (χ2n) is 14.6. The van der Waals surface area contributed by atoms with Crippen molar-refractivity contribution in [1.29, 1.82) is 0 Å². The number of hydrogen-bond acceptors (Lipinski definition) is 9. The largest absolute Gasteiger partial charge is 0.508 e. The molecule has 3 heterocycles. The van der Waals surface area contributed by atoms with Crippen molar-refractivity contribution >= 4 is 39.0 Å². The summed E-state index contributed by atoms with van der Waals surface area (Å²) in [4.78, 5) is 19.8. The van der Waals surface area contributed by atoms with Crippen molar-refractivity contribution in [2.45, 2.75) is 84.9 Å². The molecule has 2 aliphatic heterocycles. The number of β-amino-alcohol motifs (C(OH)–C–C–N with tert-alkyl or cyclic N) is 1. The molecule has 9 nitrogen and oxygen atoms in total. The molecular weight excluding hydrogens is 621 g/mol. The fraction of sp³-hybridized carbons (Fsp3) is 0.513. The molecule has 1 aliphatic carbocycles. The van der Waals surface area contributed by atoms with Crippen molar-refractivity contribution in [2.24, 2.45) is 4.99 Å². The number of aromatic nitrogens is 2. The Morgan fingerprint density at radius 1 is 1.18 bits per heavy atom. The van der Waals surface area contributed by atoms with Gasteiger partial charge < -0.3 is 24.6 Å². The lowest BCUT2D eigenvalue weighted by atomic mass is 9.78. The average Bonchev–Trinajstić information content (AvgIpc) is 3.26. The molecule has 0 bridgehead atoms. The first-order valence-electron chi connectivity index (χ1n) is 17.5. The summed E-state index contributed by atoms with van der Waals surface area (Å²) in [5.74, 6) is 0.437. The predicted molar refractivity (Wildman–Crippen MR) is 195 cm³/mol. The van der Waals surface area contributed by atoms with Crippen LogP contribution < -0.4 is 9.64 Å². The number of phenols is 1. The highest BCUT2D eigenvalue weighted by Gasteiger charge is 2.38. The van der Waals surface area contributed by atoms with E-state index < -0.39 is 5.60 Å². The Morgan fingerprint density at radius 2 is 1.96 bits per heavy atom. The van der Waals surface area contributed by atoms with Crippen molar-refractivity contribution in [3.8, 4) is 11.8 Å². The molecule has 49 heavy (non-hydrogen) atoms. The minimum absolute atomic E-state index is 0.0799. The zero-order chi connectivity index (χ0) is 35.2. The summed E-state index contributed by atoms with van der Waals surface area (Å²) in [6, 6.07) is 6.75. The molecule has 2 saturated heterocycles. The lowest BCUT2D eigenvalue weighted by molar-refractivity contribution is -0.0123. The number of likely N-dealkylation sites (N-methyl/N-ethyl adjacent to an activating group) is 1. The highest BCUT2D eigenvalue weighted by Crippen LogP contribution is 2.47. The maximum absolute atomic E-state index is 15.4. The van der Waals surface area contributed by atoms with Crippen LogP contribution in [0.4, 0.5) is 10.2 Å². The third kappa shape index (κ3) is 6.58. The summed E-state index contributed by atoms with van der Waals surface area (Å²) in [5.41, 5.74) is 4.62. The van der Waals surface area contributed by atoms with E-state index in [1.807, 2.05) is 40.7 Å². The first-order chi connectivity index (χ1) is 23.3. The molecule has 3 aliphatic rings. The van der Waals surface area contributed by atoms with Gasteiger partial charge in [-0.3, -0.25) is 9.89 Å². The smallest absolute Gasteiger partial charge is 0.319 e. The number of likely N-dealkylation sites (tertiary alicyclic amines) is 1. The number of nitrogens with zero attached hydrogens (tertiary/aromatic N) is 5. The van der Waals surface area contributed by atoms with Gasteiger partial charge in [0, 0.05) is 23.7 Å². The molecule has 0 amide bonds. The molecule has 0 saturated carbocycles. The second-order valence-corrected chi connectivity index (χ2v) is 14.6. The van der Waals surface area contributed by atoms with Crippen molar-refractivity contribution in [2.75, 3.05) is 51.4 Å². The summed E-state index contributed by atoms with van der Waals surface area (Å²) in [7, 11) is 2.12. The average molecular weight is 672 g/mol. The van der Waals surface area contributed by atoms with Gasteiger partial charge in [-0.25, -0.2) is 4.39 Å². The maximum atomic E-state index is 15.4. The third-order valence-electron chi connectivity index (χ3n) is 10.2. The summed E-state index contributed by atoms with van der Waals surface area (Å²) in [6.07, 6.45) is 4.61. The molecule has 0 radical (unpaired) electrons. The van der Waals surface area contributed by atoms with Gasteiger partial charge in [0.25, 0.3) is 0 Å². The minimum Gasteiger partial charge on any atom is -0.508 e. The highest BCUT2D eigenvalue weighted by atomic mass is 19.1. The Hall–Kier alpha value is -3.86. The number of aromatic hydroxyl groups is 1. The van der Waals surface area contributed by atoms with Crippen LogP contribution in [0.2, 0.25) is 0 Å². The van der Waals surface area contributed by atoms with E-state index in [4.69, 9.17) is 24.4 Å². The molecule has 1 aromatic heterocycles. The number of aliphatic imine (C=N–C) groups is 1. The zero-order valence-corrected chi connectivity index (χ0v) is 30.2. The first kappa shape index (κ1) is 35.0. The molecule has 0 spiro atoms. The number of halogens is 1. The number of ether oxygens (including phenoxy) is 2. The summed E-state index contributed by atoms with van der Waals surface area (Å²) in [6.45, 7) is 16.8. The fourth-order valence-electron chi connectivity index (χ4n) is 7.58. The number of hydrogen-bond donors (Lipinski definition) is 2. The quantitative estimate of drug-likeness (QED) is 0.287. The molecule has 2 fully saturated rings. The van der Waals surface area contributed by atoms with Gasteiger partial charge in [0.1, 0.15) is 29.6 Å². The van der Waals surface area contributed by atoms with Crippen LogP contribution in [-0.2, 0) is 11.2 Å². The van der Waals surface area contributed by atoms with Gasteiger partial charge in [-0.15, -0.1) is 0 Å². The number of fused-ring (bicyclic) bond motifs is 2. The van der Waals surface area contributed by atoms with Crippen molar-refractivity contribution in [3.05, 3.63) is 58.5 Å².